The predicted octanol–water partition coefficient (Wildman–Crippen LogP) is 4.99. The molecular formula is C16H20ClF3O2. The van der Waals surface area contributed by atoms with Crippen LogP contribution in [0.5, 0.6) is 0 Å². The summed E-state index contributed by atoms with van der Waals surface area (Å²) in [6.07, 6.45) is -2.41. The van der Waals surface area contributed by atoms with E-state index in [1.807, 2.05) is 13.8 Å². The third kappa shape index (κ3) is 3.34. The van der Waals surface area contributed by atoms with E-state index in [2.05, 4.69) is 0 Å². The largest absolute Gasteiger partial charge is 0.461 e. The molecule has 2 aliphatic rings. The molecule has 6 heteroatoms. The Labute approximate surface area is 133 Å². The van der Waals surface area contributed by atoms with Crippen LogP contribution >= 0.6 is 11.6 Å². The first-order valence-electron chi connectivity index (χ1n) is 7.24. The van der Waals surface area contributed by atoms with E-state index >= 15 is 0 Å². The lowest BCUT2D eigenvalue weighted by molar-refractivity contribution is -0.151. The number of esters is 1. The Morgan fingerprint density at radius 2 is 1.77 bits per heavy atom. The maximum atomic E-state index is 12.5. The average Bonchev–Trinajstić information content (AvgIpc) is 2.73. The average molecular weight is 337 g/mol. The summed E-state index contributed by atoms with van der Waals surface area (Å²) >= 11 is 5.28. The van der Waals surface area contributed by atoms with E-state index in [-0.39, 0.29) is 6.10 Å². The molecule has 0 aromatic rings. The number of rotatable bonds is 3. The van der Waals surface area contributed by atoms with Crippen LogP contribution in [0.1, 0.15) is 40.5 Å². The summed E-state index contributed by atoms with van der Waals surface area (Å²) in [6, 6.07) is 0. The first kappa shape index (κ1) is 17.4. The lowest BCUT2D eigenvalue weighted by Gasteiger charge is -2.12. The number of hydrogen-bond acceptors (Lipinski definition) is 2. The molecule has 1 fully saturated rings. The quantitative estimate of drug-likeness (QED) is 0.536. The van der Waals surface area contributed by atoms with Crippen molar-refractivity contribution in [2.75, 3.05) is 0 Å². The van der Waals surface area contributed by atoms with Crippen molar-refractivity contribution in [2.45, 2.75) is 52.8 Å². The van der Waals surface area contributed by atoms with Crippen molar-refractivity contribution in [3.8, 4) is 0 Å². The van der Waals surface area contributed by atoms with Gasteiger partial charge in [-0.2, -0.15) is 13.2 Å². The molecule has 2 atom stereocenters. The lowest BCUT2D eigenvalue weighted by atomic mass is 10.1. The first-order chi connectivity index (χ1) is 9.94. The molecule has 0 amide bonds. The van der Waals surface area contributed by atoms with Gasteiger partial charge in [0.05, 0.1) is 5.92 Å². The molecule has 1 saturated carbocycles. The number of hydrogen-bond donors (Lipinski definition) is 0. The van der Waals surface area contributed by atoms with Gasteiger partial charge in [-0.25, -0.2) is 0 Å². The standard InChI is InChI=1S/C16H20ClF3O2/c1-8-5-10(6-9(8)2)22-14(21)13-11(15(13,3)4)7-12(17)16(18,19)20/h7,10-11,13H,5-6H2,1-4H3/t11-,13-/m0/s1. The van der Waals surface area contributed by atoms with E-state index < -0.39 is 34.4 Å². The SMILES string of the molecule is CC1=C(C)CC(OC(=O)[C@@H]2[C@H](C=C(Cl)C(F)(F)F)C2(C)C)C1. The van der Waals surface area contributed by atoms with Crippen molar-refractivity contribution in [1.29, 1.82) is 0 Å². The van der Waals surface area contributed by atoms with Crippen molar-refractivity contribution in [3.05, 3.63) is 22.3 Å². The summed E-state index contributed by atoms with van der Waals surface area (Å²) in [4.78, 5) is 12.2. The molecule has 0 radical (unpaired) electrons. The van der Waals surface area contributed by atoms with E-state index in [0.29, 0.717) is 12.8 Å². The second-order valence-corrected chi connectivity index (χ2v) is 7.27. The van der Waals surface area contributed by atoms with Gasteiger partial charge in [-0.15, -0.1) is 0 Å². The van der Waals surface area contributed by atoms with Gasteiger partial charge in [0.15, 0.2) is 0 Å². The van der Waals surface area contributed by atoms with Crippen LogP contribution in [0.15, 0.2) is 22.3 Å². The lowest BCUT2D eigenvalue weighted by Crippen LogP contribution is -2.19. The minimum atomic E-state index is -4.57. The number of alkyl halides is 3. The van der Waals surface area contributed by atoms with Gasteiger partial charge in [0.25, 0.3) is 0 Å². The molecule has 0 N–H and O–H groups in total. The predicted molar refractivity (Wildman–Crippen MR) is 78.2 cm³/mol. The summed E-state index contributed by atoms with van der Waals surface area (Å²) in [5.41, 5.74) is 1.87. The van der Waals surface area contributed by atoms with Gasteiger partial charge < -0.3 is 4.74 Å². The summed E-state index contributed by atoms with van der Waals surface area (Å²) in [5.74, 6) is -1.53. The van der Waals surface area contributed by atoms with Crippen LogP contribution in [-0.4, -0.2) is 18.2 Å². The fourth-order valence-electron chi connectivity index (χ4n) is 3.12. The Kier molecular flexibility index (Phi) is 4.42. The molecule has 2 rings (SSSR count). The molecule has 22 heavy (non-hydrogen) atoms. The Bertz CT molecular complexity index is 532. The highest BCUT2D eigenvalue weighted by Gasteiger charge is 2.62. The highest BCUT2D eigenvalue weighted by molar-refractivity contribution is 6.30. The van der Waals surface area contributed by atoms with Gasteiger partial charge in [-0.3, -0.25) is 4.79 Å². The minimum absolute atomic E-state index is 0.188. The number of halogens is 4. The number of ether oxygens (including phenoxy) is 1. The Hall–Kier alpha value is -0.970. The Balaban J connectivity index is 2.00. The summed E-state index contributed by atoms with van der Waals surface area (Å²) < 4.78 is 43.0. The molecule has 2 nitrogen and oxygen atoms in total. The molecule has 0 saturated heterocycles. The Morgan fingerprint density at radius 3 is 2.23 bits per heavy atom. The highest BCUT2D eigenvalue weighted by Crippen LogP contribution is 2.60. The zero-order valence-electron chi connectivity index (χ0n) is 13.1. The van der Waals surface area contributed by atoms with Gasteiger partial charge >= 0.3 is 12.1 Å². The van der Waals surface area contributed by atoms with Crippen LogP contribution < -0.4 is 0 Å². The van der Waals surface area contributed by atoms with Gasteiger partial charge in [0, 0.05) is 12.8 Å². The summed E-state index contributed by atoms with van der Waals surface area (Å²) in [6.45, 7) is 7.51. The molecule has 0 bridgehead atoms. The number of allylic oxidation sites excluding steroid dienone is 2. The zero-order valence-corrected chi connectivity index (χ0v) is 13.8. The van der Waals surface area contributed by atoms with E-state index in [1.54, 1.807) is 13.8 Å². The normalized spacial score (nSPS) is 29.0. The van der Waals surface area contributed by atoms with E-state index in [9.17, 15) is 18.0 Å². The van der Waals surface area contributed by atoms with Crippen LogP contribution in [0.4, 0.5) is 13.2 Å². The van der Waals surface area contributed by atoms with Crippen LogP contribution in [-0.2, 0) is 9.53 Å². The van der Waals surface area contributed by atoms with Gasteiger partial charge in [-0.05, 0) is 25.2 Å². The number of carbonyl (C=O) groups is 1. The minimum Gasteiger partial charge on any atom is -0.461 e. The molecule has 0 aromatic carbocycles. The topological polar surface area (TPSA) is 26.3 Å². The van der Waals surface area contributed by atoms with Gasteiger partial charge in [0.1, 0.15) is 11.1 Å². The third-order valence-corrected chi connectivity index (χ3v) is 5.18. The maximum Gasteiger partial charge on any atom is 0.426 e. The molecule has 0 unspecified atom stereocenters. The highest BCUT2D eigenvalue weighted by atomic mass is 35.5. The smallest absolute Gasteiger partial charge is 0.426 e. The fourth-order valence-corrected chi connectivity index (χ4v) is 3.25. The van der Waals surface area contributed by atoms with Crippen molar-refractivity contribution < 1.29 is 22.7 Å². The van der Waals surface area contributed by atoms with Crippen molar-refractivity contribution in [2.24, 2.45) is 17.3 Å². The van der Waals surface area contributed by atoms with Gasteiger partial charge in [0.2, 0.25) is 0 Å². The van der Waals surface area contributed by atoms with Crippen LogP contribution in [0.3, 0.4) is 0 Å². The third-order valence-electron chi connectivity index (χ3n) is 4.84. The summed E-state index contributed by atoms with van der Waals surface area (Å²) in [5, 5.41) is -1.17. The van der Waals surface area contributed by atoms with E-state index in [1.165, 1.54) is 11.1 Å². The molecule has 0 spiro atoms. The van der Waals surface area contributed by atoms with Crippen LogP contribution in [0.2, 0.25) is 0 Å². The van der Waals surface area contributed by atoms with Crippen molar-refractivity contribution >= 4 is 17.6 Å². The van der Waals surface area contributed by atoms with Crippen molar-refractivity contribution in [1.82, 2.24) is 0 Å². The molecule has 124 valence electrons. The molecule has 2 aliphatic carbocycles. The van der Waals surface area contributed by atoms with Gasteiger partial charge in [-0.1, -0.05) is 42.7 Å². The monoisotopic (exact) mass is 336 g/mol. The first-order valence-corrected chi connectivity index (χ1v) is 7.62. The van der Waals surface area contributed by atoms with Crippen LogP contribution in [0.25, 0.3) is 0 Å². The molecule has 0 aromatic heterocycles. The van der Waals surface area contributed by atoms with Crippen LogP contribution in [0, 0.1) is 17.3 Å². The number of carbonyl (C=O) groups excluding carboxylic acids is 1. The van der Waals surface area contributed by atoms with Crippen molar-refractivity contribution in [3.63, 3.8) is 0 Å². The summed E-state index contributed by atoms with van der Waals surface area (Å²) in [7, 11) is 0. The molecule has 0 heterocycles. The second-order valence-electron chi connectivity index (χ2n) is 6.86. The maximum absolute atomic E-state index is 12.5. The van der Waals surface area contributed by atoms with E-state index in [0.717, 1.165) is 6.08 Å². The zero-order chi connectivity index (χ0) is 16.9. The molecule has 0 aliphatic heterocycles. The van der Waals surface area contributed by atoms with E-state index in [4.69, 9.17) is 16.3 Å². The fraction of sp³-hybridized carbons (Fsp3) is 0.688. The second kappa shape index (κ2) is 5.59. The Morgan fingerprint density at radius 1 is 1.27 bits per heavy atom. The molecular weight excluding hydrogens is 317 g/mol.